The quantitative estimate of drug-likeness (QED) is 0.642. The first kappa shape index (κ1) is 20.2. The van der Waals surface area contributed by atoms with E-state index in [0.717, 1.165) is 29.5 Å². The highest BCUT2D eigenvalue weighted by Crippen LogP contribution is 2.25. The number of nitrogens with zero attached hydrogens (tertiary/aromatic N) is 1. The van der Waals surface area contributed by atoms with Gasteiger partial charge in [-0.05, 0) is 65.9 Å². The largest absolute Gasteiger partial charge is 0.459 e. The van der Waals surface area contributed by atoms with Gasteiger partial charge in [0.15, 0.2) is 5.76 Å². The van der Waals surface area contributed by atoms with E-state index < -0.39 is 10.0 Å². The summed E-state index contributed by atoms with van der Waals surface area (Å²) in [5.41, 5.74) is 3.65. The van der Waals surface area contributed by atoms with Gasteiger partial charge in [-0.25, -0.2) is 8.42 Å². The molecular weight excluding hydrogens is 400 g/mol. The number of carbonyl (C=O) groups excluding carboxylic acids is 1. The first-order chi connectivity index (χ1) is 14.5. The van der Waals surface area contributed by atoms with E-state index in [9.17, 15) is 13.2 Å². The van der Waals surface area contributed by atoms with Crippen LogP contribution < -0.4 is 4.72 Å². The molecule has 0 aliphatic carbocycles. The zero-order valence-corrected chi connectivity index (χ0v) is 17.6. The summed E-state index contributed by atoms with van der Waals surface area (Å²) in [5, 5.41) is 0. The number of aryl methyl sites for hydroxylation is 1. The fourth-order valence-electron chi connectivity index (χ4n) is 3.69. The number of hydrogen-bond donors (Lipinski definition) is 1. The lowest BCUT2D eigenvalue weighted by atomic mass is 9.99. The van der Waals surface area contributed by atoms with Gasteiger partial charge < -0.3 is 9.32 Å². The summed E-state index contributed by atoms with van der Waals surface area (Å²) < 4.78 is 33.4. The molecule has 0 spiro atoms. The number of amides is 1. The molecule has 1 N–H and O–H groups in total. The lowest BCUT2D eigenvalue weighted by molar-refractivity contribution is 0.0702. The molecular formula is C23H24N2O4S. The molecule has 1 aliphatic rings. The van der Waals surface area contributed by atoms with E-state index in [-0.39, 0.29) is 10.8 Å². The maximum atomic E-state index is 12.8. The van der Waals surface area contributed by atoms with Crippen molar-refractivity contribution >= 4 is 21.6 Å². The van der Waals surface area contributed by atoms with Crippen LogP contribution in [0, 0.1) is 0 Å². The van der Waals surface area contributed by atoms with Gasteiger partial charge in [-0.3, -0.25) is 9.52 Å². The normalized spacial score (nSPS) is 13.7. The van der Waals surface area contributed by atoms with Crippen molar-refractivity contribution in [3.63, 3.8) is 0 Å². The van der Waals surface area contributed by atoms with E-state index in [1.807, 2.05) is 18.2 Å². The molecule has 0 radical (unpaired) electrons. The average molecular weight is 425 g/mol. The van der Waals surface area contributed by atoms with Gasteiger partial charge in [-0.1, -0.05) is 31.5 Å². The van der Waals surface area contributed by atoms with Crippen molar-refractivity contribution in [2.45, 2.75) is 37.6 Å². The molecule has 30 heavy (non-hydrogen) atoms. The maximum absolute atomic E-state index is 12.8. The molecule has 2 aromatic carbocycles. The molecule has 0 fully saturated rings. The molecule has 3 aromatic rings. The molecule has 0 saturated heterocycles. The summed E-state index contributed by atoms with van der Waals surface area (Å²) in [5.74, 6) is 0.144. The Balaban J connectivity index is 1.51. The van der Waals surface area contributed by atoms with Crippen molar-refractivity contribution < 1.29 is 17.6 Å². The number of fused-ring (bicyclic) bond motifs is 1. The molecule has 7 heteroatoms. The summed E-state index contributed by atoms with van der Waals surface area (Å²) in [7, 11) is -3.68. The monoisotopic (exact) mass is 424 g/mol. The van der Waals surface area contributed by atoms with Crippen LogP contribution in [0.5, 0.6) is 0 Å². The van der Waals surface area contributed by atoms with Crippen molar-refractivity contribution in [1.29, 1.82) is 0 Å². The summed E-state index contributed by atoms with van der Waals surface area (Å²) in [6, 6.07) is 15.8. The molecule has 6 nitrogen and oxygen atoms in total. The van der Waals surface area contributed by atoms with Crippen molar-refractivity contribution in [3.8, 4) is 0 Å². The first-order valence-electron chi connectivity index (χ1n) is 10.0. The van der Waals surface area contributed by atoms with Crippen LogP contribution in [0.25, 0.3) is 0 Å². The second kappa shape index (κ2) is 8.36. The zero-order chi connectivity index (χ0) is 21.1. The summed E-state index contributed by atoms with van der Waals surface area (Å²) in [4.78, 5) is 14.5. The zero-order valence-electron chi connectivity index (χ0n) is 16.8. The van der Waals surface area contributed by atoms with Gasteiger partial charge in [-0.15, -0.1) is 0 Å². The van der Waals surface area contributed by atoms with Crippen molar-refractivity contribution in [1.82, 2.24) is 4.90 Å². The van der Waals surface area contributed by atoms with E-state index in [0.29, 0.717) is 31.0 Å². The van der Waals surface area contributed by atoms with Gasteiger partial charge >= 0.3 is 0 Å². The second-order valence-electron chi connectivity index (χ2n) is 7.44. The van der Waals surface area contributed by atoms with E-state index >= 15 is 0 Å². The molecule has 4 rings (SSSR count). The summed E-state index contributed by atoms with van der Waals surface area (Å²) in [6.45, 7) is 3.10. The third-order valence-electron chi connectivity index (χ3n) is 5.26. The Kier molecular flexibility index (Phi) is 5.63. The van der Waals surface area contributed by atoms with Crippen LogP contribution in [0.3, 0.4) is 0 Å². The van der Waals surface area contributed by atoms with Crippen LogP contribution in [0.15, 0.2) is 70.2 Å². The SMILES string of the molecule is CCCc1ccc(S(=O)(=O)Nc2ccc3c(c2)CN(C(=O)c2ccco2)CC3)cc1. The van der Waals surface area contributed by atoms with Gasteiger partial charge in [-0.2, -0.15) is 0 Å². The lowest BCUT2D eigenvalue weighted by Crippen LogP contribution is -2.35. The number of carbonyl (C=O) groups is 1. The van der Waals surface area contributed by atoms with Crippen LogP contribution in [0.1, 0.15) is 40.6 Å². The van der Waals surface area contributed by atoms with Gasteiger partial charge in [0.2, 0.25) is 0 Å². The number of hydrogen-bond acceptors (Lipinski definition) is 4. The molecule has 0 saturated carbocycles. The van der Waals surface area contributed by atoms with Gasteiger partial charge in [0, 0.05) is 18.8 Å². The minimum absolute atomic E-state index is 0.163. The van der Waals surface area contributed by atoms with E-state index in [2.05, 4.69) is 11.6 Å². The highest BCUT2D eigenvalue weighted by molar-refractivity contribution is 7.92. The fraction of sp³-hybridized carbons (Fsp3) is 0.261. The molecule has 0 atom stereocenters. The highest BCUT2D eigenvalue weighted by atomic mass is 32.2. The number of sulfonamides is 1. The van der Waals surface area contributed by atoms with Crippen LogP contribution in [0.4, 0.5) is 5.69 Å². The van der Waals surface area contributed by atoms with Crippen LogP contribution in [0.2, 0.25) is 0 Å². The number of anilines is 1. The van der Waals surface area contributed by atoms with Crippen LogP contribution in [-0.2, 0) is 29.4 Å². The van der Waals surface area contributed by atoms with E-state index in [1.165, 1.54) is 6.26 Å². The molecule has 1 aliphatic heterocycles. The number of benzene rings is 2. The molecule has 2 heterocycles. The second-order valence-corrected chi connectivity index (χ2v) is 9.12. The molecule has 1 amide bonds. The van der Waals surface area contributed by atoms with Crippen molar-refractivity contribution in [2.24, 2.45) is 0 Å². The Hall–Kier alpha value is -3.06. The molecule has 0 unspecified atom stereocenters. The Labute approximate surface area is 176 Å². The number of rotatable bonds is 6. The number of furan rings is 1. The molecule has 0 bridgehead atoms. The molecule has 156 valence electrons. The van der Waals surface area contributed by atoms with Gasteiger partial charge in [0.05, 0.1) is 11.2 Å². The van der Waals surface area contributed by atoms with Crippen LogP contribution >= 0.6 is 0 Å². The topological polar surface area (TPSA) is 79.6 Å². The minimum atomic E-state index is -3.68. The standard InChI is InChI=1S/C23H24N2O4S/c1-2-4-17-6-10-21(11-7-17)30(27,28)24-20-9-8-18-12-13-25(16-19(18)15-20)23(26)22-5-3-14-29-22/h3,5-11,14-15,24H,2,4,12-13,16H2,1H3. The number of nitrogens with one attached hydrogen (secondary N) is 1. The Morgan fingerprint density at radius 1 is 1.10 bits per heavy atom. The van der Waals surface area contributed by atoms with E-state index in [1.54, 1.807) is 41.3 Å². The minimum Gasteiger partial charge on any atom is -0.459 e. The highest BCUT2D eigenvalue weighted by Gasteiger charge is 2.24. The first-order valence-corrected chi connectivity index (χ1v) is 11.5. The predicted molar refractivity (Wildman–Crippen MR) is 115 cm³/mol. The summed E-state index contributed by atoms with van der Waals surface area (Å²) in [6.07, 6.45) is 4.13. The third-order valence-corrected chi connectivity index (χ3v) is 6.66. The Bertz CT molecular complexity index is 1140. The predicted octanol–water partition coefficient (Wildman–Crippen LogP) is 4.23. The van der Waals surface area contributed by atoms with Gasteiger partial charge in [0.25, 0.3) is 15.9 Å². The third kappa shape index (κ3) is 4.26. The van der Waals surface area contributed by atoms with Crippen LogP contribution in [-0.4, -0.2) is 25.8 Å². The Morgan fingerprint density at radius 3 is 2.60 bits per heavy atom. The van der Waals surface area contributed by atoms with Crippen molar-refractivity contribution in [2.75, 3.05) is 11.3 Å². The Morgan fingerprint density at radius 2 is 1.90 bits per heavy atom. The lowest BCUT2D eigenvalue weighted by Gasteiger charge is -2.28. The van der Waals surface area contributed by atoms with Gasteiger partial charge in [0.1, 0.15) is 0 Å². The molecule has 1 aromatic heterocycles. The average Bonchev–Trinajstić information content (AvgIpc) is 3.28. The summed E-state index contributed by atoms with van der Waals surface area (Å²) >= 11 is 0. The fourth-order valence-corrected chi connectivity index (χ4v) is 4.74. The van der Waals surface area contributed by atoms with Crippen molar-refractivity contribution in [3.05, 3.63) is 83.3 Å². The van der Waals surface area contributed by atoms with E-state index in [4.69, 9.17) is 4.42 Å². The maximum Gasteiger partial charge on any atom is 0.289 e. The smallest absolute Gasteiger partial charge is 0.289 e.